The standard InChI is InChI=1S/C22H25N5O.2C2HF3O2/c28-22(19-9-8-17-6-1-2-7-18(17)24-19)26-12-5-13-27-16-23-20(21(27)15-26)14-25-10-3-4-11-25;2*3-2(4,5)1(6)7/h1-2,6-9,16H,3-5,10-15H2;2*(H,6,7). The zero-order chi connectivity index (χ0) is 31.1. The smallest absolute Gasteiger partial charge is 0.475 e. The molecule has 0 spiro atoms. The number of imidazole rings is 1. The van der Waals surface area contributed by atoms with Crippen molar-refractivity contribution >= 4 is 28.7 Å². The topological polar surface area (TPSA) is 129 Å². The van der Waals surface area contributed by atoms with Crippen LogP contribution in [-0.4, -0.2) is 84.4 Å². The summed E-state index contributed by atoms with van der Waals surface area (Å²) in [4.78, 5) is 44.7. The summed E-state index contributed by atoms with van der Waals surface area (Å²) < 4.78 is 65.7. The average Bonchev–Trinajstić information content (AvgIpc) is 3.52. The number of carbonyl (C=O) groups is 3. The number of aliphatic carboxylic acids is 2. The number of hydrogen-bond donors (Lipinski definition) is 2. The molecule has 228 valence electrons. The number of nitrogens with zero attached hydrogens (tertiary/aromatic N) is 5. The highest BCUT2D eigenvalue weighted by atomic mass is 19.4. The predicted octanol–water partition coefficient (Wildman–Crippen LogP) is 4.34. The van der Waals surface area contributed by atoms with Crippen LogP contribution >= 0.6 is 0 Å². The molecule has 16 heteroatoms. The second-order valence-electron chi connectivity index (χ2n) is 9.39. The van der Waals surface area contributed by atoms with Crippen molar-refractivity contribution in [3.8, 4) is 0 Å². The maximum absolute atomic E-state index is 13.2. The van der Waals surface area contributed by atoms with E-state index in [0.29, 0.717) is 12.2 Å². The Morgan fingerprint density at radius 3 is 2.00 bits per heavy atom. The van der Waals surface area contributed by atoms with E-state index in [2.05, 4.69) is 19.4 Å². The first-order valence-corrected chi connectivity index (χ1v) is 12.7. The molecule has 2 aliphatic rings. The number of hydrogen-bond acceptors (Lipinski definition) is 6. The first kappa shape index (κ1) is 32.3. The number of fused-ring (bicyclic) bond motifs is 2. The Morgan fingerprint density at radius 1 is 0.810 bits per heavy atom. The fourth-order valence-corrected chi connectivity index (χ4v) is 4.32. The van der Waals surface area contributed by atoms with Gasteiger partial charge in [-0.25, -0.2) is 19.6 Å². The van der Waals surface area contributed by atoms with Crippen LogP contribution in [0.2, 0.25) is 0 Å². The molecule has 10 nitrogen and oxygen atoms in total. The number of amides is 1. The van der Waals surface area contributed by atoms with Gasteiger partial charge in [-0.2, -0.15) is 26.3 Å². The molecule has 5 rings (SSSR count). The highest BCUT2D eigenvalue weighted by Crippen LogP contribution is 2.22. The van der Waals surface area contributed by atoms with Gasteiger partial charge in [0.15, 0.2) is 0 Å². The normalized spacial score (nSPS) is 15.5. The van der Waals surface area contributed by atoms with E-state index in [4.69, 9.17) is 19.8 Å². The van der Waals surface area contributed by atoms with E-state index in [1.807, 2.05) is 47.6 Å². The second-order valence-corrected chi connectivity index (χ2v) is 9.39. The average molecular weight is 604 g/mol. The number of likely N-dealkylation sites (tertiary alicyclic amines) is 1. The molecular weight excluding hydrogens is 576 g/mol. The lowest BCUT2D eigenvalue weighted by atomic mass is 10.2. The van der Waals surface area contributed by atoms with Crippen LogP contribution in [-0.2, 0) is 29.2 Å². The third-order valence-electron chi connectivity index (χ3n) is 6.36. The number of aryl methyl sites for hydroxylation is 1. The molecule has 3 aromatic rings. The van der Waals surface area contributed by atoms with Crippen molar-refractivity contribution in [3.05, 3.63) is 59.8 Å². The van der Waals surface area contributed by atoms with E-state index >= 15 is 0 Å². The number of carbonyl (C=O) groups excluding carboxylic acids is 1. The van der Waals surface area contributed by atoms with Gasteiger partial charge >= 0.3 is 24.3 Å². The molecule has 2 aromatic heterocycles. The van der Waals surface area contributed by atoms with Crippen molar-refractivity contribution in [1.82, 2.24) is 24.3 Å². The van der Waals surface area contributed by atoms with Crippen molar-refractivity contribution in [1.29, 1.82) is 0 Å². The van der Waals surface area contributed by atoms with Crippen molar-refractivity contribution in [2.75, 3.05) is 19.6 Å². The zero-order valence-electron chi connectivity index (χ0n) is 22.0. The molecule has 2 N–H and O–H groups in total. The van der Waals surface area contributed by atoms with Crippen molar-refractivity contribution < 1.29 is 50.9 Å². The van der Waals surface area contributed by atoms with E-state index < -0.39 is 24.3 Å². The van der Waals surface area contributed by atoms with Crippen LogP contribution in [0.4, 0.5) is 26.3 Å². The third-order valence-corrected chi connectivity index (χ3v) is 6.36. The first-order valence-electron chi connectivity index (χ1n) is 12.7. The van der Waals surface area contributed by atoms with Gasteiger partial charge in [-0.1, -0.05) is 24.3 Å². The lowest BCUT2D eigenvalue weighted by Crippen LogP contribution is -2.32. The number of benzene rings is 1. The maximum atomic E-state index is 13.2. The van der Waals surface area contributed by atoms with Crippen LogP contribution in [0.15, 0.2) is 42.7 Å². The van der Waals surface area contributed by atoms with Crippen LogP contribution in [0.25, 0.3) is 10.9 Å². The Kier molecular flexibility index (Phi) is 10.5. The van der Waals surface area contributed by atoms with Gasteiger partial charge in [0.25, 0.3) is 5.91 Å². The Labute approximate surface area is 235 Å². The minimum absolute atomic E-state index is 0.00697. The number of pyridine rings is 1. The van der Waals surface area contributed by atoms with Gasteiger partial charge in [-0.3, -0.25) is 9.69 Å². The third kappa shape index (κ3) is 8.89. The Morgan fingerprint density at radius 2 is 1.40 bits per heavy atom. The molecule has 0 aliphatic carbocycles. The van der Waals surface area contributed by atoms with Gasteiger partial charge in [-0.15, -0.1) is 0 Å². The number of carboxylic acids is 2. The highest BCUT2D eigenvalue weighted by Gasteiger charge is 2.39. The molecule has 1 fully saturated rings. The van der Waals surface area contributed by atoms with Gasteiger partial charge < -0.3 is 19.7 Å². The number of halogens is 6. The van der Waals surface area contributed by atoms with Gasteiger partial charge in [0.1, 0.15) is 5.69 Å². The summed E-state index contributed by atoms with van der Waals surface area (Å²) in [6.45, 7) is 5.45. The van der Waals surface area contributed by atoms with Gasteiger partial charge in [0.05, 0.1) is 29.8 Å². The fourth-order valence-electron chi connectivity index (χ4n) is 4.32. The summed E-state index contributed by atoms with van der Waals surface area (Å²) in [5, 5.41) is 15.3. The van der Waals surface area contributed by atoms with Gasteiger partial charge in [-0.05, 0) is 44.5 Å². The molecule has 0 unspecified atom stereocenters. The number of rotatable bonds is 3. The monoisotopic (exact) mass is 603 g/mol. The minimum Gasteiger partial charge on any atom is -0.475 e. The van der Waals surface area contributed by atoms with E-state index in [-0.39, 0.29) is 5.91 Å². The molecule has 0 atom stereocenters. The number of alkyl halides is 6. The summed E-state index contributed by atoms with van der Waals surface area (Å²) >= 11 is 0. The summed E-state index contributed by atoms with van der Waals surface area (Å²) in [6, 6.07) is 11.7. The van der Waals surface area contributed by atoms with Crippen LogP contribution in [0.1, 0.15) is 41.1 Å². The lowest BCUT2D eigenvalue weighted by Gasteiger charge is -2.21. The number of para-hydroxylation sites is 1. The lowest BCUT2D eigenvalue weighted by molar-refractivity contribution is -0.193. The molecular formula is C26H27F6N5O5. The quantitative estimate of drug-likeness (QED) is 0.424. The van der Waals surface area contributed by atoms with Gasteiger partial charge in [0, 0.05) is 25.0 Å². The molecule has 1 saturated heterocycles. The van der Waals surface area contributed by atoms with E-state index in [9.17, 15) is 31.1 Å². The highest BCUT2D eigenvalue weighted by molar-refractivity contribution is 5.94. The van der Waals surface area contributed by atoms with E-state index in [1.165, 1.54) is 18.5 Å². The Hall–Kier alpha value is -4.21. The Balaban J connectivity index is 0.000000289. The maximum Gasteiger partial charge on any atom is 0.490 e. The molecule has 0 radical (unpaired) electrons. The van der Waals surface area contributed by atoms with Crippen LogP contribution in [0, 0.1) is 0 Å². The Bertz CT molecular complexity index is 1380. The molecule has 1 aromatic carbocycles. The molecule has 0 bridgehead atoms. The van der Waals surface area contributed by atoms with Crippen molar-refractivity contribution in [2.24, 2.45) is 0 Å². The summed E-state index contributed by atoms with van der Waals surface area (Å²) in [6.07, 6.45) is -4.74. The largest absolute Gasteiger partial charge is 0.490 e. The van der Waals surface area contributed by atoms with E-state index in [0.717, 1.165) is 55.7 Å². The molecule has 42 heavy (non-hydrogen) atoms. The van der Waals surface area contributed by atoms with Crippen LogP contribution < -0.4 is 0 Å². The SMILES string of the molecule is O=C(O)C(F)(F)F.O=C(O)C(F)(F)F.O=C(c1ccc2ccccc2n1)N1CCCn2cnc(CN3CCCC3)c2C1. The van der Waals surface area contributed by atoms with Crippen molar-refractivity contribution in [3.63, 3.8) is 0 Å². The first-order chi connectivity index (χ1) is 19.7. The van der Waals surface area contributed by atoms with Crippen LogP contribution in [0.5, 0.6) is 0 Å². The second kappa shape index (κ2) is 13.6. The minimum atomic E-state index is -5.08. The zero-order valence-corrected chi connectivity index (χ0v) is 22.0. The van der Waals surface area contributed by atoms with E-state index in [1.54, 1.807) is 0 Å². The predicted molar refractivity (Wildman–Crippen MR) is 135 cm³/mol. The molecule has 1 amide bonds. The van der Waals surface area contributed by atoms with Crippen molar-refractivity contribution in [2.45, 2.75) is 51.2 Å². The summed E-state index contributed by atoms with van der Waals surface area (Å²) in [5.74, 6) is -5.51. The summed E-state index contributed by atoms with van der Waals surface area (Å²) in [5.41, 5.74) is 3.68. The van der Waals surface area contributed by atoms with Gasteiger partial charge in [0.2, 0.25) is 0 Å². The molecule has 0 saturated carbocycles. The molecule has 4 heterocycles. The number of aromatic nitrogens is 3. The summed E-state index contributed by atoms with van der Waals surface area (Å²) in [7, 11) is 0. The fraction of sp³-hybridized carbons (Fsp3) is 0.423. The number of carboxylic acid groups (broad SMARTS) is 2. The van der Waals surface area contributed by atoms with Crippen LogP contribution in [0.3, 0.4) is 0 Å². The molecule has 2 aliphatic heterocycles.